The summed E-state index contributed by atoms with van der Waals surface area (Å²) < 4.78 is 20.2. The number of carbonyl (C=O) groups excluding carboxylic acids is 1. The lowest BCUT2D eigenvalue weighted by molar-refractivity contribution is 0.0737. The van der Waals surface area contributed by atoms with E-state index in [0.717, 1.165) is 37.2 Å². The number of thiophene rings is 1. The maximum Gasteiger partial charge on any atom is 0.264 e. The minimum Gasteiger partial charge on any atom is -0.435 e. The van der Waals surface area contributed by atoms with E-state index in [4.69, 9.17) is 9.72 Å². The number of carbonyl (C=O) groups is 1. The van der Waals surface area contributed by atoms with Crippen LogP contribution in [0.3, 0.4) is 0 Å². The third-order valence-corrected chi connectivity index (χ3v) is 6.32. The zero-order valence-corrected chi connectivity index (χ0v) is 17.2. The standard InChI is InChI=1S/C22H21FN4O2S/c23-16-6-1-2-7-18(16)29-20-15-14-27(21(28)19-8-5-13-30-19)12-9-17(15)24-22(25-20)26-10-3-4-11-26/h1-2,5-8,13H,3-4,9-12,14H2. The molecule has 0 saturated carbocycles. The summed E-state index contributed by atoms with van der Waals surface area (Å²) in [6.45, 7) is 2.73. The number of ether oxygens (including phenoxy) is 1. The Morgan fingerprint density at radius 2 is 1.90 bits per heavy atom. The summed E-state index contributed by atoms with van der Waals surface area (Å²) in [4.78, 5) is 26.9. The van der Waals surface area contributed by atoms with E-state index in [2.05, 4.69) is 9.88 Å². The number of hydrogen-bond acceptors (Lipinski definition) is 6. The highest BCUT2D eigenvalue weighted by Gasteiger charge is 2.29. The molecule has 3 aromatic rings. The molecule has 2 aliphatic rings. The van der Waals surface area contributed by atoms with Gasteiger partial charge in [0.1, 0.15) is 0 Å². The number of benzene rings is 1. The molecule has 1 saturated heterocycles. The molecular formula is C22H21FN4O2S. The van der Waals surface area contributed by atoms with E-state index < -0.39 is 5.82 Å². The highest BCUT2D eigenvalue weighted by Crippen LogP contribution is 2.33. The first-order valence-electron chi connectivity index (χ1n) is 10.1. The lowest BCUT2D eigenvalue weighted by Gasteiger charge is -2.30. The fraction of sp³-hybridized carbons (Fsp3) is 0.318. The van der Waals surface area contributed by atoms with Crippen LogP contribution in [0.5, 0.6) is 11.6 Å². The van der Waals surface area contributed by atoms with E-state index >= 15 is 0 Å². The summed E-state index contributed by atoms with van der Waals surface area (Å²) in [6.07, 6.45) is 2.82. The SMILES string of the molecule is O=C(c1cccs1)N1CCc2nc(N3CCCC3)nc(Oc3ccccc3F)c2C1. The zero-order chi connectivity index (χ0) is 20.5. The Balaban J connectivity index is 1.51. The van der Waals surface area contributed by atoms with Crippen LogP contribution in [-0.2, 0) is 13.0 Å². The van der Waals surface area contributed by atoms with Gasteiger partial charge in [-0.15, -0.1) is 11.3 Å². The first-order chi connectivity index (χ1) is 14.7. The summed E-state index contributed by atoms with van der Waals surface area (Å²) >= 11 is 1.42. The van der Waals surface area contributed by atoms with Gasteiger partial charge in [0.05, 0.1) is 22.7 Å². The largest absolute Gasteiger partial charge is 0.435 e. The number of anilines is 1. The van der Waals surface area contributed by atoms with Gasteiger partial charge in [-0.05, 0) is 36.4 Å². The number of nitrogens with zero attached hydrogens (tertiary/aromatic N) is 4. The van der Waals surface area contributed by atoms with Crippen molar-refractivity contribution in [2.75, 3.05) is 24.5 Å². The molecular weight excluding hydrogens is 403 g/mol. The van der Waals surface area contributed by atoms with Gasteiger partial charge in [-0.25, -0.2) is 9.37 Å². The average molecular weight is 425 g/mol. The average Bonchev–Trinajstić information content (AvgIpc) is 3.49. The zero-order valence-electron chi connectivity index (χ0n) is 16.4. The number of aromatic nitrogens is 2. The fourth-order valence-electron chi connectivity index (χ4n) is 3.88. The third kappa shape index (κ3) is 3.63. The molecule has 30 heavy (non-hydrogen) atoms. The van der Waals surface area contributed by atoms with Gasteiger partial charge in [0.2, 0.25) is 11.8 Å². The Kier molecular flexibility index (Phi) is 5.08. The minimum atomic E-state index is -0.449. The second-order valence-corrected chi connectivity index (χ2v) is 8.38. The molecule has 4 heterocycles. The highest BCUT2D eigenvalue weighted by molar-refractivity contribution is 7.12. The molecule has 1 aromatic carbocycles. The number of hydrogen-bond donors (Lipinski definition) is 0. The van der Waals surface area contributed by atoms with Crippen molar-refractivity contribution >= 4 is 23.2 Å². The Bertz CT molecular complexity index is 1070. The number of amides is 1. The quantitative estimate of drug-likeness (QED) is 0.626. The maximum atomic E-state index is 14.3. The molecule has 0 bridgehead atoms. The van der Waals surface area contributed by atoms with Crippen molar-refractivity contribution in [2.45, 2.75) is 25.8 Å². The van der Waals surface area contributed by atoms with Crippen molar-refractivity contribution in [3.63, 3.8) is 0 Å². The van der Waals surface area contributed by atoms with Crippen LogP contribution in [0.4, 0.5) is 10.3 Å². The topological polar surface area (TPSA) is 58.6 Å². The number of rotatable bonds is 4. The molecule has 2 aliphatic heterocycles. The van der Waals surface area contributed by atoms with Gasteiger partial charge >= 0.3 is 0 Å². The van der Waals surface area contributed by atoms with Gasteiger partial charge in [-0.3, -0.25) is 4.79 Å². The monoisotopic (exact) mass is 424 g/mol. The van der Waals surface area contributed by atoms with E-state index in [1.165, 1.54) is 17.4 Å². The molecule has 0 aliphatic carbocycles. The second-order valence-electron chi connectivity index (χ2n) is 7.43. The Morgan fingerprint density at radius 3 is 2.67 bits per heavy atom. The van der Waals surface area contributed by atoms with Crippen LogP contribution in [-0.4, -0.2) is 40.4 Å². The van der Waals surface area contributed by atoms with Crippen LogP contribution < -0.4 is 9.64 Å². The summed E-state index contributed by atoms with van der Waals surface area (Å²) in [5, 5.41) is 1.89. The first-order valence-corrected chi connectivity index (χ1v) is 11.0. The van der Waals surface area contributed by atoms with Gasteiger partial charge in [-0.2, -0.15) is 4.98 Å². The summed E-state index contributed by atoms with van der Waals surface area (Å²) in [6, 6.07) is 9.97. The summed E-state index contributed by atoms with van der Waals surface area (Å²) in [5.41, 5.74) is 1.62. The number of halogens is 1. The first kappa shape index (κ1) is 19.0. The van der Waals surface area contributed by atoms with Crippen LogP contribution in [0, 0.1) is 5.82 Å². The fourth-order valence-corrected chi connectivity index (χ4v) is 4.57. The molecule has 1 fully saturated rings. The van der Waals surface area contributed by atoms with Crippen LogP contribution in [0.25, 0.3) is 0 Å². The summed E-state index contributed by atoms with van der Waals surface area (Å²) in [5.74, 6) is 0.602. The van der Waals surface area contributed by atoms with Gasteiger partial charge in [0.25, 0.3) is 5.91 Å². The molecule has 0 N–H and O–H groups in total. The van der Waals surface area contributed by atoms with Crippen molar-refractivity contribution in [3.8, 4) is 11.6 Å². The van der Waals surface area contributed by atoms with Crippen LogP contribution in [0.15, 0.2) is 41.8 Å². The van der Waals surface area contributed by atoms with Gasteiger partial charge in [0, 0.05) is 26.1 Å². The van der Waals surface area contributed by atoms with Crippen molar-refractivity contribution < 1.29 is 13.9 Å². The third-order valence-electron chi connectivity index (χ3n) is 5.46. The lowest BCUT2D eigenvalue weighted by Crippen LogP contribution is -2.36. The Hall–Kier alpha value is -3.00. The molecule has 8 heteroatoms. The van der Waals surface area contributed by atoms with Crippen molar-refractivity contribution in [1.82, 2.24) is 14.9 Å². The Labute approximate surface area is 177 Å². The molecule has 0 spiro atoms. The van der Waals surface area contributed by atoms with Crippen molar-refractivity contribution in [3.05, 3.63) is 63.7 Å². The van der Waals surface area contributed by atoms with Gasteiger partial charge < -0.3 is 14.5 Å². The maximum absolute atomic E-state index is 14.3. The molecule has 0 atom stereocenters. The van der Waals surface area contributed by atoms with E-state index in [9.17, 15) is 9.18 Å². The van der Waals surface area contributed by atoms with Gasteiger partial charge in [0.15, 0.2) is 11.6 Å². The van der Waals surface area contributed by atoms with Crippen LogP contribution in [0.1, 0.15) is 33.8 Å². The molecule has 154 valence electrons. The van der Waals surface area contributed by atoms with Crippen LogP contribution in [0.2, 0.25) is 0 Å². The molecule has 0 radical (unpaired) electrons. The van der Waals surface area contributed by atoms with E-state index in [0.29, 0.717) is 36.2 Å². The molecule has 5 rings (SSSR count). The highest BCUT2D eigenvalue weighted by atomic mass is 32.1. The predicted octanol–water partition coefficient (Wildman–Crippen LogP) is 4.27. The molecule has 2 aromatic heterocycles. The van der Waals surface area contributed by atoms with Gasteiger partial charge in [-0.1, -0.05) is 18.2 Å². The smallest absolute Gasteiger partial charge is 0.264 e. The molecule has 6 nitrogen and oxygen atoms in total. The van der Waals surface area contributed by atoms with Crippen molar-refractivity contribution in [2.24, 2.45) is 0 Å². The normalized spacial score (nSPS) is 15.9. The second kappa shape index (κ2) is 8.02. The molecule has 1 amide bonds. The van der Waals surface area contributed by atoms with Crippen molar-refractivity contribution in [1.29, 1.82) is 0 Å². The Morgan fingerprint density at radius 1 is 1.07 bits per heavy atom. The predicted molar refractivity (Wildman–Crippen MR) is 113 cm³/mol. The minimum absolute atomic E-state index is 0.0175. The van der Waals surface area contributed by atoms with E-state index in [1.54, 1.807) is 23.1 Å². The van der Waals surface area contributed by atoms with E-state index in [-0.39, 0.29) is 11.7 Å². The number of para-hydroxylation sites is 1. The number of fused-ring (bicyclic) bond motifs is 1. The summed E-state index contributed by atoms with van der Waals surface area (Å²) in [7, 11) is 0. The van der Waals surface area contributed by atoms with Crippen LogP contribution >= 0.6 is 11.3 Å². The lowest BCUT2D eigenvalue weighted by atomic mass is 10.1. The molecule has 0 unspecified atom stereocenters. The van der Waals surface area contributed by atoms with E-state index in [1.807, 2.05) is 17.5 Å².